The predicted octanol–water partition coefficient (Wildman–Crippen LogP) is 3.01. The predicted molar refractivity (Wildman–Crippen MR) is 48.9 cm³/mol. The molecule has 1 aromatic carbocycles. The first-order chi connectivity index (χ1) is 6.65. The van der Waals surface area contributed by atoms with Gasteiger partial charge in [0.15, 0.2) is 0 Å². The minimum atomic E-state index is -0.640. The minimum absolute atomic E-state index is 0.324. The second-order valence-electron chi connectivity index (χ2n) is 2.76. The van der Waals surface area contributed by atoms with Crippen LogP contribution in [0.5, 0.6) is 0 Å². The Morgan fingerprint density at radius 3 is 2.21 bits per heavy atom. The fourth-order valence-corrected chi connectivity index (χ4v) is 1.29. The van der Waals surface area contributed by atoms with Gasteiger partial charge in [-0.25, -0.2) is 8.78 Å². The van der Waals surface area contributed by atoms with Crippen LogP contribution in [-0.4, -0.2) is 10.2 Å². The number of benzene rings is 1. The van der Waals surface area contributed by atoms with Crippen LogP contribution in [0, 0.1) is 11.6 Å². The minimum Gasteiger partial charge on any atom is -0.267 e. The van der Waals surface area contributed by atoms with Gasteiger partial charge in [0, 0.05) is 17.7 Å². The highest BCUT2D eigenvalue weighted by Crippen LogP contribution is 2.21. The third-order valence-corrected chi connectivity index (χ3v) is 1.90. The lowest BCUT2D eigenvalue weighted by atomic mass is 10.1. The van der Waals surface area contributed by atoms with Gasteiger partial charge in [0.25, 0.3) is 0 Å². The summed E-state index contributed by atoms with van der Waals surface area (Å²) in [7, 11) is 0. The third-order valence-electron chi connectivity index (χ3n) is 1.70. The number of hydrogen-bond acceptors (Lipinski definition) is 1. The van der Waals surface area contributed by atoms with Gasteiger partial charge in [0.1, 0.15) is 16.8 Å². The van der Waals surface area contributed by atoms with Crippen molar-refractivity contribution in [1.82, 2.24) is 10.2 Å². The largest absolute Gasteiger partial charge is 0.267 e. The molecule has 1 aromatic heterocycles. The quantitative estimate of drug-likeness (QED) is 0.777. The number of nitrogens with zero attached hydrogens (tertiary/aromatic N) is 1. The Labute approximate surface area is 83.5 Å². The van der Waals surface area contributed by atoms with Crippen molar-refractivity contribution in [1.29, 1.82) is 0 Å². The van der Waals surface area contributed by atoms with Crippen molar-refractivity contribution in [2.24, 2.45) is 0 Å². The number of nitrogens with one attached hydrogen (secondary N) is 1. The molecule has 72 valence electrons. The molecule has 0 aliphatic heterocycles. The van der Waals surface area contributed by atoms with Gasteiger partial charge < -0.3 is 0 Å². The van der Waals surface area contributed by atoms with E-state index in [2.05, 4.69) is 10.2 Å². The molecule has 0 saturated heterocycles. The van der Waals surface area contributed by atoms with Crippen LogP contribution in [0.15, 0.2) is 24.3 Å². The van der Waals surface area contributed by atoms with Crippen molar-refractivity contribution < 1.29 is 8.78 Å². The Bertz CT molecular complexity index is 447. The lowest BCUT2D eigenvalue weighted by Crippen LogP contribution is -1.84. The van der Waals surface area contributed by atoms with Crippen molar-refractivity contribution in [3.63, 3.8) is 0 Å². The maximum atomic E-state index is 12.8. The number of halogens is 3. The van der Waals surface area contributed by atoms with Crippen molar-refractivity contribution in [2.45, 2.75) is 0 Å². The Balaban J connectivity index is 2.51. The summed E-state index contributed by atoms with van der Waals surface area (Å²) in [5.41, 5.74) is 0.763. The number of hydrogen-bond donors (Lipinski definition) is 1. The van der Waals surface area contributed by atoms with E-state index in [1.165, 1.54) is 18.2 Å². The van der Waals surface area contributed by atoms with Gasteiger partial charge >= 0.3 is 0 Å². The number of aromatic amines is 1. The molecular formula is C9H5ClF2N2. The molecule has 2 aromatic rings. The molecule has 0 spiro atoms. The molecule has 5 heteroatoms. The first kappa shape index (κ1) is 9.15. The molecule has 2 rings (SSSR count). The molecule has 0 aliphatic rings. The molecule has 0 aliphatic carbocycles. The molecule has 0 fully saturated rings. The van der Waals surface area contributed by atoms with Gasteiger partial charge in [-0.15, -0.1) is 0 Å². The van der Waals surface area contributed by atoms with Crippen molar-refractivity contribution in [3.05, 3.63) is 41.1 Å². The third kappa shape index (κ3) is 1.75. The maximum absolute atomic E-state index is 12.8. The van der Waals surface area contributed by atoms with E-state index in [1.807, 2.05) is 0 Å². The summed E-state index contributed by atoms with van der Waals surface area (Å²) in [6.45, 7) is 0. The Kier molecular flexibility index (Phi) is 2.21. The molecule has 2 nitrogen and oxygen atoms in total. The lowest BCUT2D eigenvalue weighted by molar-refractivity contribution is 0.584. The molecule has 0 saturated carbocycles. The van der Waals surface area contributed by atoms with Gasteiger partial charge in [-0.2, -0.15) is 5.10 Å². The molecule has 0 unspecified atom stereocenters. The van der Waals surface area contributed by atoms with Crippen LogP contribution in [0.4, 0.5) is 8.78 Å². The zero-order valence-electron chi connectivity index (χ0n) is 6.89. The van der Waals surface area contributed by atoms with E-state index in [-0.39, 0.29) is 0 Å². The van der Waals surface area contributed by atoms with Crippen LogP contribution in [0.2, 0.25) is 5.15 Å². The molecule has 1 heterocycles. The van der Waals surface area contributed by atoms with E-state index in [0.29, 0.717) is 16.4 Å². The van der Waals surface area contributed by atoms with Crippen LogP contribution in [-0.2, 0) is 0 Å². The summed E-state index contributed by atoms with van der Waals surface area (Å²) < 4.78 is 25.6. The fourth-order valence-electron chi connectivity index (χ4n) is 1.15. The normalized spacial score (nSPS) is 10.5. The van der Waals surface area contributed by atoms with E-state index in [1.54, 1.807) is 0 Å². The first-order valence-corrected chi connectivity index (χ1v) is 4.20. The Morgan fingerprint density at radius 2 is 1.71 bits per heavy atom. The van der Waals surface area contributed by atoms with E-state index in [4.69, 9.17) is 11.6 Å². The number of rotatable bonds is 1. The van der Waals surface area contributed by atoms with Crippen LogP contribution in [0.25, 0.3) is 11.3 Å². The van der Waals surface area contributed by atoms with Crippen LogP contribution < -0.4 is 0 Å². The second-order valence-corrected chi connectivity index (χ2v) is 3.17. The van der Waals surface area contributed by atoms with E-state index < -0.39 is 11.6 Å². The van der Waals surface area contributed by atoms with E-state index >= 15 is 0 Å². The van der Waals surface area contributed by atoms with Gasteiger partial charge in [-0.3, -0.25) is 5.10 Å². The Hall–Kier alpha value is -1.42. The standard InChI is InChI=1S/C9H5ClF2N2/c10-9-4-8(13-14-9)5-1-6(11)3-7(12)2-5/h1-4H,(H,13,14). The van der Waals surface area contributed by atoms with Crippen LogP contribution in [0.1, 0.15) is 0 Å². The average Bonchev–Trinajstić information content (AvgIpc) is 2.50. The van der Waals surface area contributed by atoms with Gasteiger partial charge in [0.2, 0.25) is 0 Å². The molecule has 0 bridgehead atoms. The SMILES string of the molecule is Fc1cc(F)cc(-c2cc(Cl)[nH]n2)c1. The summed E-state index contributed by atoms with van der Waals surface area (Å²) in [5, 5.41) is 6.58. The van der Waals surface area contributed by atoms with Gasteiger partial charge in [-0.05, 0) is 12.1 Å². The Morgan fingerprint density at radius 1 is 1.07 bits per heavy atom. The highest BCUT2D eigenvalue weighted by Gasteiger charge is 2.06. The van der Waals surface area contributed by atoms with Crippen molar-refractivity contribution in [3.8, 4) is 11.3 Å². The van der Waals surface area contributed by atoms with Crippen LogP contribution in [0.3, 0.4) is 0 Å². The summed E-state index contributed by atoms with van der Waals surface area (Å²) in [6.07, 6.45) is 0. The van der Waals surface area contributed by atoms with Crippen molar-refractivity contribution >= 4 is 11.6 Å². The summed E-state index contributed by atoms with van der Waals surface area (Å²) >= 11 is 5.58. The maximum Gasteiger partial charge on any atom is 0.126 e. The summed E-state index contributed by atoms with van der Waals surface area (Å²) in [4.78, 5) is 0. The zero-order chi connectivity index (χ0) is 10.1. The average molecular weight is 215 g/mol. The fraction of sp³-hybridized carbons (Fsp3) is 0. The first-order valence-electron chi connectivity index (χ1n) is 3.82. The lowest BCUT2D eigenvalue weighted by Gasteiger charge is -1.96. The second kappa shape index (κ2) is 3.38. The molecule has 0 radical (unpaired) electrons. The molecule has 14 heavy (non-hydrogen) atoms. The summed E-state index contributed by atoms with van der Waals surface area (Å²) in [6, 6.07) is 4.68. The number of aromatic nitrogens is 2. The van der Waals surface area contributed by atoms with E-state index in [0.717, 1.165) is 6.07 Å². The van der Waals surface area contributed by atoms with Gasteiger partial charge in [0.05, 0.1) is 5.69 Å². The van der Waals surface area contributed by atoms with E-state index in [9.17, 15) is 8.78 Å². The topological polar surface area (TPSA) is 28.7 Å². The van der Waals surface area contributed by atoms with Gasteiger partial charge in [-0.1, -0.05) is 11.6 Å². The van der Waals surface area contributed by atoms with Crippen LogP contribution >= 0.6 is 11.6 Å². The molecule has 0 atom stereocenters. The smallest absolute Gasteiger partial charge is 0.126 e. The summed E-state index contributed by atoms with van der Waals surface area (Å²) in [5.74, 6) is -1.28. The highest BCUT2D eigenvalue weighted by atomic mass is 35.5. The molecule has 0 amide bonds. The van der Waals surface area contributed by atoms with Crippen molar-refractivity contribution in [2.75, 3.05) is 0 Å². The highest BCUT2D eigenvalue weighted by molar-refractivity contribution is 6.29. The number of H-pyrrole nitrogens is 1. The monoisotopic (exact) mass is 214 g/mol. The zero-order valence-corrected chi connectivity index (χ0v) is 7.65. The molecule has 1 N–H and O–H groups in total. The molecular weight excluding hydrogens is 210 g/mol.